The van der Waals surface area contributed by atoms with Gasteiger partial charge in [-0.2, -0.15) is 0 Å². The number of hydrogen-bond donors (Lipinski definition) is 0. The van der Waals surface area contributed by atoms with E-state index in [-0.39, 0.29) is 0 Å². The Morgan fingerprint density at radius 3 is 2.31 bits per heavy atom. The van der Waals surface area contributed by atoms with Crippen LogP contribution in [0, 0.1) is 13.8 Å². The number of carbonyl (C=O) groups excluding carboxylic acids is 1. The highest BCUT2D eigenvalue weighted by atomic mass is 16.5. The summed E-state index contributed by atoms with van der Waals surface area (Å²) in [5.41, 5.74) is 4.20. The molecule has 1 heterocycles. The first-order valence-electron chi connectivity index (χ1n) is 12.7. The smallest absolute Gasteiger partial charge is 0.293 e. The van der Waals surface area contributed by atoms with Crippen molar-refractivity contribution in [1.29, 1.82) is 0 Å². The number of likely N-dealkylation sites (tertiary alicyclic amines) is 1. The van der Waals surface area contributed by atoms with E-state index >= 15 is 0 Å². The molecule has 1 aliphatic rings. The van der Waals surface area contributed by atoms with E-state index in [2.05, 4.69) is 79.2 Å². The van der Waals surface area contributed by atoms with Crippen molar-refractivity contribution in [2.75, 3.05) is 45.3 Å². The van der Waals surface area contributed by atoms with Crippen LogP contribution in [0.2, 0.25) is 0 Å². The van der Waals surface area contributed by atoms with Gasteiger partial charge in [-0.3, -0.25) is 9.69 Å². The average Bonchev–Trinajstić information content (AvgIpc) is 2.86. The molecule has 0 N–H and O–H groups in total. The van der Waals surface area contributed by atoms with Gasteiger partial charge in [0.05, 0.1) is 20.3 Å². The SMILES string of the molecule is CCOc1cc(CN2CCC(CN(C)c3ccc(C)cc3)(OC=O)CC2)cc2c(OC)cc(C)cc12. The number of ether oxygens (including phenoxy) is 3. The van der Waals surface area contributed by atoms with Gasteiger partial charge in [-0.25, -0.2) is 0 Å². The molecule has 192 valence electrons. The summed E-state index contributed by atoms with van der Waals surface area (Å²) in [7, 11) is 3.78. The van der Waals surface area contributed by atoms with Gasteiger partial charge in [0.25, 0.3) is 6.47 Å². The molecule has 0 radical (unpaired) electrons. The number of piperidine rings is 1. The fraction of sp³-hybridized carbons (Fsp3) is 0.433. The number of fused-ring (bicyclic) bond motifs is 1. The maximum Gasteiger partial charge on any atom is 0.293 e. The fourth-order valence-corrected chi connectivity index (χ4v) is 5.24. The van der Waals surface area contributed by atoms with Crippen LogP contribution in [0.15, 0.2) is 48.5 Å². The average molecular weight is 491 g/mol. The zero-order valence-electron chi connectivity index (χ0n) is 22.2. The summed E-state index contributed by atoms with van der Waals surface area (Å²) in [6.07, 6.45) is 1.58. The van der Waals surface area contributed by atoms with Gasteiger partial charge in [-0.1, -0.05) is 17.7 Å². The standard InChI is InChI=1S/C30H38N2O4/c1-6-35-29-18-24(17-27-26(29)15-23(3)16-28(27)34-5)19-32-13-11-30(12-14-32,36-21-33)20-31(4)25-9-7-22(2)8-10-25/h7-10,15-18,21H,6,11-14,19-20H2,1-5H3. The summed E-state index contributed by atoms with van der Waals surface area (Å²) < 4.78 is 17.5. The highest BCUT2D eigenvalue weighted by Gasteiger charge is 2.37. The lowest BCUT2D eigenvalue weighted by atomic mass is 9.90. The second-order valence-electron chi connectivity index (χ2n) is 9.95. The van der Waals surface area contributed by atoms with Crippen LogP contribution in [-0.4, -0.2) is 57.4 Å². The highest BCUT2D eigenvalue weighted by molar-refractivity contribution is 5.94. The van der Waals surface area contributed by atoms with E-state index in [4.69, 9.17) is 14.2 Å². The summed E-state index contributed by atoms with van der Waals surface area (Å²) >= 11 is 0. The van der Waals surface area contributed by atoms with Crippen LogP contribution in [0.1, 0.15) is 36.5 Å². The summed E-state index contributed by atoms with van der Waals surface area (Å²) in [4.78, 5) is 16.1. The third kappa shape index (κ3) is 5.76. The molecule has 6 nitrogen and oxygen atoms in total. The molecule has 36 heavy (non-hydrogen) atoms. The van der Waals surface area contributed by atoms with Crippen LogP contribution in [-0.2, 0) is 16.1 Å². The number of anilines is 1. The third-order valence-corrected chi connectivity index (χ3v) is 7.19. The van der Waals surface area contributed by atoms with Crippen molar-refractivity contribution < 1.29 is 19.0 Å². The Hall–Kier alpha value is -3.25. The Kier molecular flexibility index (Phi) is 8.04. The van der Waals surface area contributed by atoms with E-state index < -0.39 is 5.60 Å². The molecule has 1 saturated heterocycles. The van der Waals surface area contributed by atoms with Gasteiger partial charge in [0.2, 0.25) is 0 Å². The number of rotatable bonds is 10. The molecule has 0 amide bonds. The predicted molar refractivity (Wildman–Crippen MR) is 145 cm³/mol. The van der Waals surface area contributed by atoms with Gasteiger partial charge < -0.3 is 19.1 Å². The lowest BCUT2D eigenvalue weighted by molar-refractivity contribution is -0.147. The molecule has 0 saturated carbocycles. The van der Waals surface area contributed by atoms with Crippen molar-refractivity contribution in [3.8, 4) is 11.5 Å². The van der Waals surface area contributed by atoms with Crippen LogP contribution >= 0.6 is 0 Å². The van der Waals surface area contributed by atoms with Crippen molar-refractivity contribution >= 4 is 22.9 Å². The third-order valence-electron chi connectivity index (χ3n) is 7.19. The molecule has 0 spiro atoms. The van der Waals surface area contributed by atoms with Crippen LogP contribution < -0.4 is 14.4 Å². The summed E-state index contributed by atoms with van der Waals surface area (Å²) in [5, 5.41) is 2.15. The van der Waals surface area contributed by atoms with Crippen molar-refractivity contribution in [2.45, 2.75) is 45.8 Å². The van der Waals surface area contributed by atoms with Gasteiger partial charge in [-0.05, 0) is 68.3 Å². The van der Waals surface area contributed by atoms with Crippen molar-refractivity contribution in [2.24, 2.45) is 0 Å². The predicted octanol–water partition coefficient (Wildman–Crippen LogP) is 5.51. The van der Waals surface area contributed by atoms with E-state index in [1.807, 2.05) is 6.92 Å². The second-order valence-corrected chi connectivity index (χ2v) is 9.95. The van der Waals surface area contributed by atoms with Gasteiger partial charge >= 0.3 is 0 Å². The number of nitrogens with zero attached hydrogens (tertiary/aromatic N) is 2. The van der Waals surface area contributed by atoms with E-state index in [0.29, 0.717) is 19.6 Å². The van der Waals surface area contributed by atoms with Gasteiger partial charge in [0, 0.05) is 56.0 Å². The largest absolute Gasteiger partial charge is 0.496 e. The molecule has 1 aliphatic heterocycles. The molecular formula is C30H38N2O4. The molecular weight excluding hydrogens is 452 g/mol. The molecule has 3 aromatic carbocycles. The molecule has 0 bridgehead atoms. The minimum atomic E-state index is -0.488. The monoisotopic (exact) mass is 490 g/mol. The first-order chi connectivity index (χ1) is 17.4. The Bertz CT molecular complexity index is 1180. The fourth-order valence-electron chi connectivity index (χ4n) is 5.24. The molecule has 3 aromatic rings. The van der Waals surface area contributed by atoms with Gasteiger partial charge in [0.15, 0.2) is 0 Å². The van der Waals surface area contributed by atoms with Crippen molar-refractivity contribution in [3.63, 3.8) is 0 Å². The summed E-state index contributed by atoms with van der Waals surface area (Å²) in [5.74, 6) is 1.76. The number of methoxy groups -OCH3 is 1. The van der Waals surface area contributed by atoms with Crippen LogP contribution in [0.3, 0.4) is 0 Å². The molecule has 0 aliphatic carbocycles. The van der Waals surface area contributed by atoms with E-state index in [1.165, 1.54) is 11.1 Å². The first kappa shape index (κ1) is 25.8. The number of carbonyl (C=O) groups is 1. The minimum Gasteiger partial charge on any atom is -0.496 e. The Labute approximate surface area is 214 Å². The van der Waals surface area contributed by atoms with Gasteiger partial charge in [0.1, 0.15) is 17.1 Å². The minimum absolute atomic E-state index is 0.488. The zero-order valence-corrected chi connectivity index (χ0v) is 22.2. The number of hydrogen-bond acceptors (Lipinski definition) is 6. The van der Waals surface area contributed by atoms with E-state index in [9.17, 15) is 4.79 Å². The number of likely N-dealkylation sites (N-methyl/N-ethyl adjacent to an activating group) is 1. The topological polar surface area (TPSA) is 51.2 Å². The summed E-state index contributed by atoms with van der Waals surface area (Å²) in [6.45, 7) is 10.6. The van der Waals surface area contributed by atoms with Crippen LogP contribution in [0.5, 0.6) is 11.5 Å². The Morgan fingerprint density at radius 2 is 1.67 bits per heavy atom. The lowest BCUT2D eigenvalue weighted by Crippen LogP contribution is -2.51. The quantitative estimate of drug-likeness (QED) is 0.350. The Morgan fingerprint density at radius 1 is 0.972 bits per heavy atom. The Balaban J connectivity index is 1.50. The zero-order chi connectivity index (χ0) is 25.7. The second kappa shape index (κ2) is 11.2. The number of aryl methyl sites for hydroxylation is 2. The molecule has 0 aromatic heterocycles. The molecule has 6 heteroatoms. The molecule has 4 rings (SSSR count). The maximum atomic E-state index is 11.4. The lowest BCUT2D eigenvalue weighted by Gasteiger charge is -2.42. The van der Waals surface area contributed by atoms with E-state index in [1.54, 1.807) is 7.11 Å². The van der Waals surface area contributed by atoms with Crippen molar-refractivity contribution in [3.05, 3.63) is 65.2 Å². The van der Waals surface area contributed by atoms with E-state index in [0.717, 1.165) is 66.0 Å². The van der Waals surface area contributed by atoms with Crippen LogP contribution in [0.25, 0.3) is 10.8 Å². The first-order valence-corrected chi connectivity index (χ1v) is 12.7. The number of benzene rings is 3. The molecule has 1 fully saturated rings. The normalized spacial score (nSPS) is 15.5. The molecule has 0 atom stereocenters. The molecule has 0 unspecified atom stereocenters. The highest BCUT2D eigenvalue weighted by Crippen LogP contribution is 2.36. The summed E-state index contributed by atoms with van der Waals surface area (Å²) in [6, 6.07) is 17.0. The van der Waals surface area contributed by atoms with Crippen LogP contribution in [0.4, 0.5) is 5.69 Å². The van der Waals surface area contributed by atoms with Gasteiger partial charge in [-0.15, -0.1) is 0 Å². The maximum absolute atomic E-state index is 11.4. The van der Waals surface area contributed by atoms with Crippen molar-refractivity contribution in [1.82, 2.24) is 4.90 Å².